The summed E-state index contributed by atoms with van der Waals surface area (Å²) >= 11 is 0. The molecule has 1 aromatic rings. The number of amides is 2. The summed E-state index contributed by atoms with van der Waals surface area (Å²) in [5, 5.41) is 2.70. The largest absolute Gasteiger partial charge is 0.370 e. The molecule has 0 aromatic heterocycles. The summed E-state index contributed by atoms with van der Waals surface area (Å²) in [6, 6.07) is 8.68. The van der Waals surface area contributed by atoms with Crippen molar-refractivity contribution in [3.63, 3.8) is 0 Å². The van der Waals surface area contributed by atoms with Gasteiger partial charge in [-0.1, -0.05) is 30.3 Å². The highest BCUT2D eigenvalue weighted by molar-refractivity contribution is 5.87. The molecule has 0 radical (unpaired) electrons. The van der Waals surface area contributed by atoms with Crippen molar-refractivity contribution >= 4 is 11.8 Å². The molecular weight excluding hydrogens is 234 g/mol. The van der Waals surface area contributed by atoms with Crippen molar-refractivity contribution in [2.45, 2.75) is 19.0 Å². The lowest BCUT2D eigenvalue weighted by Gasteiger charge is -2.15. The molecule has 0 aliphatic rings. The maximum absolute atomic E-state index is 11.8. The second kappa shape index (κ2) is 7.41. The summed E-state index contributed by atoms with van der Waals surface area (Å²) in [4.78, 5) is 27.2. The summed E-state index contributed by atoms with van der Waals surface area (Å²) in [5.41, 5.74) is 8.46. The molecule has 0 saturated heterocycles. The van der Waals surface area contributed by atoms with E-state index >= 15 is 0 Å². The van der Waals surface area contributed by atoms with E-state index in [-0.39, 0.29) is 12.3 Å². The maximum atomic E-state index is 11.8. The second-order valence-electron chi connectivity index (χ2n) is 3.75. The van der Waals surface area contributed by atoms with Crippen molar-refractivity contribution < 1.29 is 14.4 Å². The summed E-state index contributed by atoms with van der Waals surface area (Å²) in [6.07, 6.45) is -0.117. The molecule has 0 spiro atoms. The summed E-state index contributed by atoms with van der Waals surface area (Å²) < 4.78 is 0. The molecule has 0 aliphatic heterocycles. The Bertz CT molecular complexity index is 395. The number of hydrogen-bond donors (Lipinski definition) is 3. The van der Waals surface area contributed by atoms with Gasteiger partial charge in [0.25, 0.3) is 0 Å². The van der Waals surface area contributed by atoms with Crippen LogP contribution in [0.15, 0.2) is 30.3 Å². The fourth-order valence-corrected chi connectivity index (χ4v) is 1.44. The molecule has 1 atom stereocenters. The molecule has 4 N–H and O–H groups in total. The van der Waals surface area contributed by atoms with Gasteiger partial charge in [0.1, 0.15) is 6.04 Å². The van der Waals surface area contributed by atoms with E-state index in [2.05, 4.69) is 15.6 Å². The van der Waals surface area contributed by atoms with Crippen LogP contribution in [0.1, 0.15) is 12.0 Å². The molecule has 18 heavy (non-hydrogen) atoms. The van der Waals surface area contributed by atoms with Gasteiger partial charge >= 0.3 is 0 Å². The summed E-state index contributed by atoms with van der Waals surface area (Å²) in [6.45, 7) is 0.389. The third-order valence-electron chi connectivity index (χ3n) is 2.29. The SMILES string of the molecule is CONC(CC(N)=O)C(=O)NCc1ccccc1. The predicted molar refractivity (Wildman–Crippen MR) is 66.0 cm³/mol. The molecule has 0 heterocycles. The molecule has 6 heteroatoms. The van der Waals surface area contributed by atoms with Crippen molar-refractivity contribution in [3.05, 3.63) is 35.9 Å². The number of primary amides is 1. The van der Waals surface area contributed by atoms with Crippen molar-refractivity contribution in [2.24, 2.45) is 5.73 Å². The van der Waals surface area contributed by atoms with E-state index in [4.69, 9.17) is 5.73 Å². The van der Waals surface area contributed by atoms with Gasteiger partial charge in [0.2, 0.25) is 11.8 Å². The Labute approximate surface area is 105 Å². The van der Waals surface area contributed by atoms with Crippen molar-refractivity contribution in [1.29, 1.82) is 0 Å². The van der Waals surface area contributed by atoms with E-state index in [1.165, 1.54) is 7.11 Å². The van der Waals surface area contributed by atoms with Crippen LogP contribution >= 0.6 is 0 Å². The third-order valence-corrected chi connectivity index (χ3v) is 2.29. The zero-order chi connectivity index (χ0) is 13.4. The summed E-state index contributed by atoms with van der Waals surface area (Å²) in [5.74, 6) is -0.904. The van der Waals surface area contributed by atoms with Gasteiger partial charge in [0.05, 0.1) is 13.5 Å². The molecule has 1 unspecified atom stereocenters. The second-order valence-corrected chi connectivity index (χ2v) is 3.75. The first kappa shape index (κ1) is 14.1. The van der Waals surface area contributed by atoms with Crippen molar-refractivity contribution in [1.82, 2.24) is 10.8 Å². The minimum Gasteiger partial charge on any atom is -0.370 e. The van der Waals surface area contributed by atoms with Crippen LogP contribution in [0.5, 0.6) is 0 Å². The molecule has 98 valence electrons. The number of carbonyl (C=O) groups is 2. The molecule has 1 aromatic carbocycles. The number of nitrogens with one attached hydrogen (secondary N) is 2. The maximum Gasteiger partial charge on any atom is 0.240 e. The first-order chi connectivity index (χ1) is 8.63. The van der Waals surface area contributed by atoms with E-state index in [1.54, 1.807) is 0 Å². The molecule has 0 saturated carbocycles. The topological polar surface area (TPSA) is 93.4 Å². The number of benzene rings is 1. The Morgan fingerprint density at radius 1 is 1.33 bits per heavy atom. The number of hydrogen-bond acceptors (Lipinski definition) is 4. The van der Waals surface area contributed by atoms with Gasteiger partial charge in [-0.05, 0) is 5.56 Å². The standard InChI is InChI=1S/C12H17N3O3/c1-18-15-10(7-11(13)16)12(17)14-8-9-5-3-2-4-6-9/h2-6,10,15H,7-8H2,1H3,(H2,13,16)(H,14,17). The highest BCUT2D eigenvalue weighted by atomic mass is 16.6. The number of hydroxylamine groups is 1. The van der Waals surface area contributed by atoms with Crippen LogP contribution in [0.3, 0.4) is 0 Å². The fourth-order valence-electron chi connectivity index (χ4n) is 1.44. The van der Waals surface area contributed by atoms with E-state index in [0.717, 1.165) is 5.56 Å². The molecule has 0 fully saturated rings. The van der Waals surface area contributed by atoms with Crippen LogP contribution < -0.4 is 16.5 Å². The highest BCUT2D eigenvalue weighted by Crippen LogP contribution is 1.98. The average Bonchev–Trinajstić information content (AvgIpc) is 2.36. The Balaban J connectivity index is 2.48. The minimum absolute atomic E-state index is 0.117. The van der Waals surface area contributed by atoms with E-state index in [9.17, 15) is 9.59 Å². The van der Waals surface area contributed by atoms with E-state index in [1.807, 2.05) is 30.3 Å². The van der Waals surface area contributed by atoms with E-state index in [0.29, 0.717) is 6.54 Å². The van der Waals surface area contributed by atoms with Crippen LogP contribution in [-0.2, 0) is 21.0 Å². The number of carbonyl (C=O) groups excluding carboxylic acids is 2. The van der Waals surface area contributed by atoms with Crippen LogP contribution in [0.4, 0.5) is 0 Å². The van der Waals surface area contributed by atoms with Crippen LogP contribution in [-0.4, -0.2) is 25.0 Å². The minimum atomic E-state index is -0.781. The Morgan fingerprint density at radius 3 is 2.56 bits per heavy atom. The van der Waals surface area contributed by atoms with Gasteiger partial charge in [0.15, 0.2) is 0 Å². The van der Waals surface area contributed by atoms with Gasteiger partial charge in [-0.2, -0.15) is 5.48 Å². The van der Waals surface area contributed by atoms with Gasteiger partial charge in [-0.3, -0.25) is 9.59 Å². The number of rotatable bonds is 7. The number of nitrogens with two attached hydrogens (primary N) is 1. The normalized spacial score (nSPS) is 11.8. The molecule has 0 aliphatic carbocycles. The Hall–Kier alpha value is -1.92. The highest BCUT2D eigenvalue weighted by Gasteiger charge is 2.20. The monoisotopic (exact) mass is 251 g/mol. The van der Waals surface area contributed by atoms with Crippen molar-refractivity contribution in [3.8, 4) is 0 Å². The Kier molecular flexibility index (Phi) is 5.83. The van der Waals surface area contributed by atoms with Crippen LogP contribution in [0.25, 0.3) is 0 Å². The first-order valence-corrected chi connectivity index (χ1v) is 5.52. The predicted octanol–water partition coefficient (Wildman–Crippen LogP) is -0.302. The lowest BCUT2D eigenvalue weighted by atomic mass is 10.2. The molecular formula is C12H17N3O3. The van der Waals surface area contributed by atoms with Crippen LogP contribution in [0.2, 0.25) is 0 Å². The van der Waals surface area contributed by atoms with Crippen LogP contribution in [0, 0.1) is 0 Å². The molecule has 2 amide bonds. The van der Waals surface area contributed by atoms with Gasteiger partial charge in [-0.15, -0.1) is 0 Å². The lowest BCUT2D eigenvalue weighted by Crippen LogP contribution is -2.45. The quantitative estimate of drug-likeness (QED) is 0.580. The third kappa shape index (κ3) is 4.94. The van der Waals surface area contributed by atoms with Gasteiger partial charge in [0, 0.05) is 6.54 Å². The first-order valence-electron chi connectivity index (χ1n) is 5.52. The van der Waals surface area contributed by atoms with Crippen molar-refractivity contribution in [2.75, 3.05) is 7.11 Å². The molecule has 1 rings (SSSR count). The zero-order valence-electron chi connectivity index (χ0n) is 10.2. The Morgan fingerprint density at radius 2 is 2.00 bits per heavy atom. The molecule has 0 bridgehead atoms. The molecule has 6 nitrogen and oxygen atoms in total. The fraction of sp³-hybridized carbons (Fsp3) is 0.333. The van der Waals surface area contributed by atoms with Gasteiger partial charge in [-0.25, -0.2) is 0 Å². The smallest absolute Gasteiger partial charge is 0.240 e. The van der Waals surface area contributed by atoms with E-state index < -0.39 is 11.9 Å². The summed E-state index contributed by atoms with van der Waals surface area (Å²) in [7, 11) is 1.37. The zero-order valence-corrected chi connectivity index (χ0v) is 10.2. The lowest BCUT2D eigenvalue weighted by molar-refractivity contribution is -0.130. The average molecular weight is 251 g/mol. The van der Waals surface area contributed by atoms with Gasteiger partial charge < -0.3 is 15.9 Å².